The molecule has 9 heteroatoms. The van der Waals surface area contributed by atoms with E-state index in [1.807, 2.05) is 19.9 Å². The highest BCUT2D eigenvalue weighted by Gasteiger charge is 2.11. The number of hydrogen-bond acceptors (Lipinski definition) is 8. The maximum atomic E-state index is 11.1. The van der Waals surface area contributed by atoms with Gasteiger partial charge in [0.15, 0.2) is 28.7 Å². The molecule has 1 heterocycles. The van der Waals surface area contributed by atoms with E-state index >= 15 is 0 Å². The number of carboxylic acids is 1. The predicted octanol–water partition coefficient (Wildman–Crippen LogP) is 3.35. The molecule has 1 aromatic heterocycles. The van der Waals surface area contributed by atoms with Crippen molar-refractivity contribution in [1.82, 2.24) is 0 Å². The van der Waals surface area contributed by atoms with E-state index in [0.29, 0.717) is 23.3 Å². The molecule has 0 saturated heterocycles. The maximum absolute atomic E-state index is 11.1. The number of carboxylic acid groups (broad SMARTS) is 1. The minimum Gasteiger partial charge on any atom is -0.504 e. The highest BCUT2D eigenvalue weighted by Crippen LogP contribution is 2.35. The molecule has 3 rings (SSSR count). The molecule has 0 aliphatic carbocycles. The van der Waals surface area contributed by atoms with Gasteiger partial charge in [0.05, 0.1) is 5.56 Å². The summed E-state index contributed by atoms with van der Waals surface area (Å²) in [5, 5.41) is 45.4. The molecule has 0 radical (unpaired) electrons. The zero-order chi connectivity index (χ0) is 22.4. The minimum atomic E-state index is -1.29. The third-order valence-corrected chi connectivity index (χ3v) is 3.75. The molecule has 0 fully saturated rings. The fourth-order valence-electron chi connectivity index (χ4n) is 2.23. The van der Waals surface area contributed by atoms with Crippen LogP contribution in [0.1, 0.15) is 24.2 Å². The Morgan fingerprint density at radius 2 is 1.63 bits per heavy atom. The Morgan fingerprint density at radius 3 is 2.20 bits per heavy atom. The second-order valence-electron chi connectivity index (χ2n) is 6.37. The summed E-state index contributed by atoms with van der Waals surface area (Å²) in [6, 6.07) is 7.63. The summed E-state index contributed by atoms with van der Waals surface area (Å²) in [5.41, 5.74) is 0.806. The number of ether oxygens (including phenoxy) is 1. The average molecular weight is 416 g/mol. The third-order valence-electron chi connectivity index (χ3n) is 3.75. The van der Waals surface area contributed by atoms with Crippen molar-refractivity contribution >= 4 is 16.9 Å². The number of aromatic hydroxyl groups is 4. The number of fused-ring (bicyclic) bond motifs is 1. The number of allylic oxidation sites excluding steroid dienone is 1. The van der Waals surface area contributed by atoms with Gasteiger partial charge in [-0.05, 0) is 44.2 Å². The summed E-state index contributed by atoms with van der Waals surface area (Å²) in [4.78, 5) is 21.4. The molecular formula is C21H20O9. The van der Waals surface area contributed by atoms with Crippen LogP contribution < -0.4 is 10.4 Å². The van der Waals surface area contributed by atoms with Gasteiger partial charge in [0, 0.05) is 17.5 Å². The number of carbonyl (C=O) groups is 1. The molecule has 2 aromatic carbocycles. The van der Waals surface area contributed by atoms with Crippen LogP contribution in [0.25, 0.3) is 11.0 Å². The van der Waals surface area contributed by atoms with Crippen molar-refractivity contribution in [1.29, 1.82) is 0 Å². The molecule has 0 saturated carbocycles. The average Bonchev–Trinajstić information content (AvgIpc) is 2.66. The fourth-order valence-corrected chi connectivity index (χ4v) is 2.23. The molecule has 0 unspecified atom stereocenters. The molecular weight excluding hydrogens is 396 g/mol. The lowest BCUT2D eigenvalue weighted by molar-refractivity contribution is 0.0696. The second kappa shape index (κ2) is 9.37. The van der Waals surface area contributed by atoms with Crippen molar-refractivity contribution in [3.8, 4) is 28.7 Å². The molecule has 0 atom stereocenters. The molecule has 9 nitrogen and oxygen atoms in total. The number of phenols is 4. The van der Waals surface area contributed by atoms with E-state index in [1.165, 1.54) is 18.2 Å². The summed E-state index contributed by atoms with van der Waals surface area (Å²) in [6.45, 7) is 4.28. The van der Waals surface area contributed by atoms with E-state index in [2.05, 4.69) is 0 Å². The van der Waals surface area contributed by atoms with Crippen molar-refractivity contribution in [2.75, 3.05) is 6.61 Å². The van der Waals surface area contributed by atoms with E-state index < -0.39 is 28.8 Å². The summed E-state index contributed by atoms with van der Waals surface area (Å²) in [7, 11) is 0. The molecule has 3 aromatic rings. The van der Waals surface area contributed by atoms with E-state index in [-0.39, 0.29) is 11.3 Å². The quantitative estimate of drug-likeness (QED) is 0.244. The maximum Gasteiger partial charge on any atom is 0.336 e. The zero-order valence-electron chi connectivity index (χ0n) is 16.1. The molecule has 30 heavy (non-hydrogen) atoms. The largest absolute Gasteiger partial charge is 0.504 e. The van der Waals surface area contributed by atoms with Gasteiger partial charge in [-0.3, -0.25) is 0 Å². The molecule has 158 valence electrons. The summed E-state index contributed by atoms with van der Waals surface area (Å²) >= 11 is 0. The van der Waals surface area contributed by atoms with Crippen LogP contribution in [0.15, 0.2) is 57.3 Å². The number of aromatic carboxylic acids is 1. The van der Waals surface area contributed by atoms with Gasteiger partial charge in [-0.25, -0.2) is 9.59 Å². The van der Waals surface area contributed by atoms with Gasteiger partial charge in [-0.1, -0.05) is 5.57 Å². The Labute approximate surface area is 170 Å². The summed E-state index contributed by atoms with van der Waals surface area (Å²) < 4.78 is 10.4. The van der Waals surface area contributed by atoms with Gasteiger partial charge in [-0.2, -0.15) is 0 Å². The van der Waals surface area contributed by atoms with Gasteiger partial charge < -0.3 is 34.7 Å². The van der Waals surface area contributed by atoms with Crippen LogP contribution >= 0.6 is 0 Å². The smallest absolute Gasteiger partial charge is 0.336 e. The Kier molecular flexibility index (Phi) is 6.92. The van der Waals surface area contributed by atoms with Crippen molar-refractivity contribution in [2.45, 2.75) is 13.8 Å². The van der Waals surface area contributed by atoms with Gasteiger partial charge in [0.2, 0.25) is 0 Å². The first-order valence-corrected chi connectivity index (χ1v) is 8.59. The third kappa shape index (κ3) is 5.68. The SMILES string of the molecule is CC(C)=CCOc1cc2oc(=O)ccc2cc1O.O=C(O)c1cc(O)c(O)c(O)c1. The van der Waals surface area contributed by atoms with Crippen LogP contribution in [-0.2, 0) is 0 Å². The molecule has 0 amide bonds. The number of benzene rings is 2. The van der Waals surface area contributed by atoms with Crippen LogP contribution in [0.3, 0.4) is 0 Å². The van der Waals surface area contributed by atoms with Crippen molar-refractivity contribution in [2.24, 2.45) is 0 Å². The number of rotatable bonds is 4. The normalized spacial score (nSPS) is 10.1. The van der Waals surface area contributed by atoms with Gasteiger partial charge in [0.25, 0.3) is 0 Å². The van der Waals surface area contributed by atoms with Crippen LogP contribution in [0, 0.1) is 0 Å². The molecule has 0 aliphatic rings. The Hall–Kier alpha value is -4.14. The Bertz CT molecular complexity index is 1130. The first-order valence-electron chi connectivity index (χ1n) is 8.59. The summed E-state index contributed by atoms with van der Waals surface area (Å²) in [6.07, 6.45) is 1.89. The minimum absolute atomic E-state index is 0.0264. The van der Waals surface area contributed by atoms with Crippen LogP contribution in [0.4, 0.5) is 0 Å². The highest BCUT2D eigenvalue weighted by atomic mass is 16.5. The standard InChI is InChI=1S/C14H14O4.C7H6O5/c1-9(2)5-6-17-13-8-12-10(7-11(13)15)3-4-14(16)18-12;8-4-1-3(7(11)12)2-5(9)6(4)10/h3-5,7-8,15H,6H2,1-2H3;1-2,8-10H,(H,11,12). The first-order chi connectivity index (χ1) is 14.1. The van der Waals surface area contributed by atoms with E-state index in [4.69, 9.17) is 29.6 Å². The van der Waals surface area contributed by atoms with Gasteiger partial charge in [-0.15, -0.1) is 0 Å². The monoisotopic (exact) mass is 416 g/mol. The lowest BCUT2D eigenvalue weighted by atomic mass is 10.2. The first kappa shape index (κ1) is 22.2. The van der Waals surface area contributed by atoms with E-state index in [9.17, 15) is 14.7 Å². The van der Waals surface area contributed by atoms with Crippen molar-refractivity contribution in [3.63, 3.8) is 0 Å². The number of phenolic OH excluding ortho intramolecular Hbond substituents is 4. The molecule has 5 N–H and O–H groups in total. The topological polar surface area (TPSA) is 158 Å². The highest BCUT2D eigenvalue weighted by molar-refractivity contribution is 5.89. The second-order valence-corrected chi connectivity index (χ2v) is 6.37. The Balaban J connectivity index is 0.000000232. The van der Waals surface area contributed by atoms with E-state index in [0.717, 1.165) is 17.7 Å². The molecule has 0 aliphatic heterocycles. The van der Waals surface area contributed by atoms with Crippen molar-refractivity contribution in [3.05, 3.63) is 64.0 Å². The lowest BCUT2D eigenvalue weighted by Crippen LogP contribution is -1.97. The van der Waals surface area contributed by atoms with Crippen molar-refractivity contribution < 1.29 is 39.5 Å². The fraction of sp³-hybridized carbons (Fsp3) is 0.143. The van der Waals surface area contributed by atoms with Gasteiger partial charge in [0.1, 0.15) is 12.2 Å². The zero-order valence-corrected chi connectivity index (χ0v) is 16.1. The Morgan fingerprint density at radius 1 is 1.00 bits per heavy atom. The van der Waals surface area contributed by atoms with Crippen LogP contribution in [-0.4, -0.2) is 38.1 Å². The predicted molar refractivity (Wildman–Crippen MR) is 107 cm³/mol. The van der Waals surface area contributed by atoms with Crippen LogP contribution in [0.2, 0.25) is 0 Å². The number of hydrogen-bond donors (Lipinski definition) is 5. The molecule has 0 spiro atoms. The van der Waals surface area contributed by atoms with Crippen LogP contribution in [0.5, 0.6) is 28.7 Å². The van der Waals surface area contributed by atoms with E-state index in [1.54, 1.807) is 6.07 Å². The summed E-state index contributed by atoms with van der Waals surface area (Å²) in [5.74, 6) is -3.01. The lowest BCUT2D eigenvalue weighted by Gasteiger charge is -2.07. The van der Waals surface area contributed by atoms with Gasteiger partial charge >= 0.3 is 11.6 Å². The molecule has 0 bridgehead atoms.